The lowest BCUT2D eigenvalue weighted by Gasteiger charge is -2.15. The molecule has 0 aliphatic heterocycles. The summed E-state index contributed by atoms with van der Waals surface area (Å²) >= 11 is 0. The molecule has 2 rings (SSSR count). The highest BCUT2D eigenvalue weighted by molar-refractivity contribution is 6.76. The van der Waals surface area contributed by atoms with E-state index in [1.54, 1.807) is 17.9 Å². The Labute approximate surface area is 125 Å². The Morgan fingerprint density at radius 3 is 2.71 bits per heavy atom. The van der Waals surface area contributed by atoms with Crippen molar-refractivity contribution < 1.29 is 14.3 Å². The number of hydrogen-bond donors (Lipinski definition) is 0. The number of carbonyl (C=O) groups is 1. The number of fused-ring (bicyclic) bond motifs is 1. The molecule has 0 saturated carbocycles. The lowest BCUT2D eigenvalue weighted by Crippen LogP contribution is -2.22. The molecule has 5 nitrogen and oxygen atoms in total. The summed E-state index contributed by atoms with van der Waals surface area (Å²) in [5.74, 6) is 0.656. The Morgan fingerprint density at radius 1 is 1.33 bits per heavy atom. The number of aromatic nitrogens is 2. The zero-order valence-electron chi connectivity index (χ0n) is 13.0. The quantitative estimate of drug-likeness (QED) is 0.448. The van der Waals surface area contributed by atoms with E-state index in [2.05, 4.69) is 24.7 Å². The number of ether oxygens (including phenoxy) is 2. The molecular weight excluding hydrogens is 284 g/mol. The van der Waals surface area contributed by atoms with Gasteiger partial charge in [0, 0.05) is 31.8 Å². The van der Waals surface area contributed by atoms with Crippen molar-refractivity contribution in [1.82, 2.24) is 9.78 Å². The summed E-state index contributed by atoms with van der Waals surface area (Å²) in [4.78, 5) is 11.1. The van der Waals surface area contributed by atoms with Gasteiger partial charge in [-0.1, -0.05) is 19.6 Å². The molecule has 0 fully saturated rings. The molecule has 0 radical (unpaired) electrons. The molecule has 2 aromatic rings. The van der Waals surface area contributed by atoms with Crippen molar-refractivity contribution in [2.45, 2.75) is 32.4 Å². The predicted octanol–water partition coefficient (Wildman–Crippen LogP) is 3.17. The first-order valence-corrected chi connectivity index (χ1v) is 10.7. The van der Waals surface area contributed by atoms with Gasteiger partial charge in [-0.15, -0.1) is 0 Å². The maximum Gasteiger partial charge on any atom is 0.152 e. The molecule has 114 valence electrons. The summed E-state index contributed by atoms with van der Waals surface area (Å²) in [7, 11) is 0.511. The van der Waals surface area contributed by atoms with Gasteiger partial charge < -0.3 is 9.47 Å². The molecule has 6 heteroatoms. The summed E-state index contributed by atoms with van der Waals surface area (Å²) in [6.45, 7) is 8.11. The number of rotatable bonds is 7. The van der Waals surface area contributed by atoms with Gasteiger partial charge in [0.1, 0.15) is 18.0 Å². The molecule has 1 heterocycles. The van der Waals surface area contributed by atoms with Crippen LogP contribution >= 0.6 is 0 Å². The van der Waals surface area contributed by atoms with Crippen LogP contribution in [0.15, 0.2) is 18.3 Å². The Morgan fingerprint density at radius 2 is 2.10 bits per heavy atom. The minimum absolute atomic E-state index is 0.403. The van der Waals surface area contributed by atoms with E-state index in [4.69, 9.17) is 9.47 Å². The summed E-state index contributed by atoms with van der Waals surface area (Å²) in [5.41, 5.74) is 1.21. The zero-order chi connectivity index (χ0) is 15.5. The van der Waals surface area contributed by atoms with E-state index in [-0.39, 0.29) is 0 Å². The molecule has 1 aromatic heterocycles. The van der Waals surface area contributed by atoms with Crippen LogP contribution in [0.5, 0.6) is 5.75 Å². The first-order valence-electron chi connectivity index (χ1n) is 7.01. The third-order valence-corrected chi connectivity index (χ3v) is 4.95. The molecule has 0 saturated heterocycles. The van der Waals surface area contributed by atoms with Crippen molar-refractivity contribution in [2.75, 3.05) is 13.7 Å². The second kappa shape index (κ2) is 6.40. The number of benzene rings is 1. The van der Waals surface area contributed by atoms with Crippen LogP contribution in [0.25, 0.3) is 10.9 Å². The lowest BCUT2D eigenvalue weighted by molar-refractivity contribution is 0.0790. The van der Waals surface area contributed by atoms with E-state index >= 15 is 0 Å². The van der Waals surface area contributed by atoms with Crippen molar-refractivity contribution in [1.29, 1.82) is 0 Å². The molecule has 0 amide bonds. The molecule has 0 bridgehead atoms. The van der Waals surface area contributed by atoms with E-state index in [0.29, 0.717) is 23.6 Å². The third-order valence-electron chi connectivity index (χ3n) is 3.24. The van der Waals surface area contributed by atoms with Crippen LogP contribution in [0.2, 0.25) is 25.7 Å². The molecule has 0 aliphatic rings. The standard InChI is InChI=1S/C15H22N2O3Si/c1-19-14-7-12-9-17(11-20-5-6-21(2,3)4)16-15(12)13(8-14)10-18/h7-10H,5-6,11H2,1-4H3. The van der Waals surface area contributed by atoms with Gasteiger partial charge in [-0.3, -0.25) is 4.79 Å². The van der Waals surface area contributed by atoms with Crippen LogP contribution in [0.4, 0.5) is 0 Å². The van der Waals surface area contributed by atoms with Crippen molar-refractivity contribution in [3.05, 3.63) is 23.9 Å². The average Bonchev–Trinajstić information content (AvgIpc) is 2.84. The van der Waals surface area contributed by atoms with Crippen LogP contribution < -0.4 is 4.74 Å². The summed E-state index contributed by atoms with van der Waals surface area (Å²) in [6, 6.07) is 4.69. The number of hydrogen-bond acceptors (Lipinski definition) is 4. The molecule has 0 N–H and O–H groups in total. The zero-order valence-corrected chi connectivity index (χ0v) is 14.0. The van der Waals surface area contributed by atoms with Gasteiger partial charge in [0.15, 0.2) is 6.29 Å². The van der Waals surface area contributed by atoms with E-state index in [1.807, 2.05) is 12.3 Å². The Kier molecular flexibility index (Phi) is 4.79. The molecule has 0 aliphatic carbocycles. The van der Waals surface area contributed by atoms with Crippen LogP contribution in [0, 0.1) is 0 Å². The molecule has 0 unspecified atom stereocenters. The van der Waals surface area contributed by atoms with Crippen LogP contribution in [-0.4, -0.2) is 37.9 Å². The highest BCUT2D eigenvalue weighted by atomic mass is 28.3. The van der Waals surface area contributed by atoms with Crippen LogP contribution in [-0.2, 0) is 11.5 Å². The van der Waals surface area contributed by atoms with Gasteiger partial charge in [0.05, 0.1) is 7.11 Å². The van der Waals surface area contributed by atoms with Crippen molar-refractivity contribution >= 4 is 25.3 Å². The number of aldehydes is 1. The van der Waals surface area contributed by atoms with Crippen LogP contribution in [0.3, 0.4) is 0 Å². The normalized spacial score (nSPS) is 11.8. The fourth-order valence-corrected chi connectivity index (χ4v) is 2.75. The molecular formula is C15H22N2O3Si. The van der Waals surface area contributed by atoms with Gasteiger partial charge in [0.2, 0.25) is 0 Å². The maximum atomic E-state index is 11.1. The first kappa shape index (κ1) is 15.7. The molecule has 21 heavy (non-hydrogen) atoms. The smallest absolute Gasteiger partial charge is 0.152 e. The van der Waals surface area contributed by atoms with Gasteiger partial charge in [-0.25, -0.2) is 4.68 Å². The Hall–Kier alpha value is -1.66. The summed E-state index contributed by atoms with van der Waals surface area (Å²) < 4.78 is 12.6. The monoisotopic (exact) mass is 306 g/mol. The molecule has 0 spiro atoms. The van der Waals surface area contributed by atoms with Gasteiger partial charge in [0.25, 0.3) is 0 Å². The second-order valence-electron chi connectivity index (χ2n) is 6.29. The van der Waals surface area contributed by atoms with Gasteiger partial charge in [-0.2, -0.15) is 5.10 Å². The van der Waals surface area contributed by atoms with Crippen molar-refractivity contribution in [3.8, 4) is 5.75 Å². The van der Waals surface area contributed by atoms with Crippen molar-refractivity contribution in [3.63, 3.8) is 0 Å². The maximum absolute atomic E-state index is 11.1. The van der Waals surface area contributed by atoms with Crippen LogP contribution in [0.1, 0.15) is 10.4 Å². The molecule has 0 atom stereocenters. The number of methoxy groups -OCH3 is 1. The third kappa shape index (κ3) is 4.15. The topological polar surface area (TPSA) is 53.3 Å². The fraction of sp³-hybridized carbons (Fsp3) is 0.467. The minimum Gasteiger partial charge on any atom is -0.497 e. The lowest BCUT2D eigenvalue weighted by atomic mass is 10.1. The van der Waals surface area contributed by atoms with Gasteiger partial charge in [-0.05, 0) is 18.2 Å². The molecule has 1 aromatic carbocycles. The average molecular weight is 306 g/mol. The fourth-order valence-electron chi connectivity index (χ4n) is 1.99. The minimum atomic E-state index is -1.07. The van der Waals surface area contributed by atoms with E-state index in [0.717, 1.165) is 24.3 Å². The second-order valence-corrected chi connectivity index (χ2v) is 11.9. The Balaban J connectivity index is 2.10. The Bertz CT molecular complexity index is 632. The SMILES string of the molecule is COc1cc(C=O)c2nn(COCC[Si](C)(C)C)cc2c1. The number of carbonyl (C=O) groups excluding carboxylic acids is 1. The number of nitrogens with zero attached hydrogens (tertiary/aromatic N) is 2. The highest BCUT2D eigenvalue weighted by Gasteiger charge is 2.12. The summed E-state index contributed by atoms with van der Waals surface area (Å²) in [6.07, 6.45) is 2.67. The van der Waals surface area contributed by atoms with Crippen molar-refractivity contribution in [2.24, 2.45) is 0 Å². The van der Waals surface area contributed by atoms with E-state index in [1.165, 1.54) is 0 Å². The van der Waals surface area contributed by atoms with E-state index < -0.39 is 8.07 Å². The first-order chi connectivity index (χ1) is 9.93. The summed E-state index contributed by atoms with van der Waals surface area (Å²) in [5, 5.41) is 5.29. The van der Waals surface area contributed by atoms with E-state index in [9.17, 15) is 4.79 Å². The van der Waals surface area contributed by atoms with Gasteiger partial charge >= 0.3 is 0 Å². The largest absolute Gasteiger partial charge is 0.497 e. The highest BCUT2D eigenvalue weighted by Crippen LogP contribution is 2.23. The predicted molar refractivity (Wildman–Crippen MR) is 85.8 cm³/mol.